The number of hydrogen-bond acceptors (Lipinski definition) is 4. The molecule has 0 aromatic carbocycles. The molecule has 1 N–H and O–H groups in total. The summed E-state index contributed by atoms with van der Waals surface area (Å²) in [7, 11) is 0. The van der Waals surface area contributed by atoms with Crippen molar-refractivity contribution in [3.63, 3.8) is 0 Å². The van der Waals surface area contributed by atoms with Gasteiger partial charge in [-0.05, 0) is 45.6 Å². The summed E-state index contributed by atoms with van der Waals surface area (Å²) >= 11 is 1.81. The summed E-state index contributed by atoms with van der Waals surface area (Å²) in [5, 5.41) is 6.97. The molecule has 2 unspecified atom stereocenters. The Kier molecular flexibility index (Phi) is 5.64. The van der Waals surface area contributed by atoms with Crippen LogP contribution in [0.3, 0.4) is 0 Å². The molecule has 0 radical (unpaired) electrons. The second kappa shape index (κ2) is 7.25. The summed E-state index contributed by atoms with van der Waals surface area (Å²) in [5.74, 6) is 0. The number of piperidine rings is 1. The van der Waals surface area contributed by atoms with Crippen molar-refractivity contribution >= 4 is 16.5 Å². The molecule has 3 nitrogen and oxygen atoms in total. The topological polar surface area (TPSA) is 28.2 Å². The minimum Gasteiger partial charge on any atom is -0.345 e. The average molecular weight is 281 g/mol. The maximum atomic E-state index is 4.87. The van der Waals surface area contributed by atoms with Crippen LogP contribution in [-0.4, -0.2) is 24.1 Å². The normalized spacial score (nSPS) is 21.6. The number of hydrogen-bond donors (Lipinski definition) is 1. The van der Waals surface area contributed by atoms with Crippen LogP contribution in [0.2, 0.25) is 0 Å². The Morgan fingerprint density at radius 1 is 1.47 bits per heavy atom. The van der Waals surface area contributed by atoms with E-state index in [1.54, 1.807) is 0 Å². The minimum absolute atomic E-state index is 0.370. The van der Waals surface area contributed by atoms with Gasteiger partial charge in [-0.3, -0.25) is 0 Å². The van der Waals surface area contributed by atoms with Crippen molar-refractivity contribution in [3.8, 4) is 0 Å². The largest absolute Gasteiger partial charge is 0.345 e. The highest BCUT2D eigenvalue weighted by Crippen LogP contribution is 2.30. The molecule has 1 fully saturated rings. The van der Waals surface area contributed by atoms with Crippen LogP contribution < -0.4 is 10.2 Å². The predicted molar refractivity (Wildman–Crippen MR) is 84.1 cm³/mol. The molecule has 1 aromatic heterocycles. The fraction of sp³-hybridized carbons (Fsp3) is 0.800. The molecule has 108 valence electrons. The number of rotatable bonds is 6. The molecule has 0 bridgehead atoms. The van der Waals surface area contributed by atoms with Gasteiger partial charge in [-0.1, -0.05) is 13.8 Å². The van der Waals surface area contributed by atoms with Gasteiger partial charge in [0.15, 0.2) is 5.13 Å². The summed E-state index contributed by atoms with van der Waals surface area (Å²) in [4.78, 5) is 7.40. The first-order valence-corrected chi connectivity index (χ1v) is 8.59. The quantitative estimate of drug-likeness (QED) is 0.855. The van der Waals surface area contributed by atoms with Gasteiger partial charge < -0.3 is 10.2 Å². The van der Waals surface area contributed by atoms with E-state index in [9.17, 15) is 0 Å². The van der Waals surface area contributed by atoms with Crippen LogP contribution in [-0.2, 0) is 0 Å². The van der Waals surface area contributed by atoms with Gasteiger partial charge in [-0.15, -0.1) is 11.3 Å². The molecular formula is C15H27N3S. The second-order valence-electron chi connectivity index (χ2n) is 5.48. The molecule has 0 spiro atoms. The lowest BCUT2D eigenvalue weighted by Crippen LogP contribution is -2.39. The smallest absolute Gasteiger partial charge is 0.185 e. The van der Waals surface area contributed by atoms with E-state index in [1.165, 1.54) is 49.5 Å². The monoisotopic (exact) mass is 281 g/mol. The van der Waals surface area contributed by atoms with Gasteiger partial charge in [0, 0.05) is 24.0 Å². The van der Waals surface area contributed by atoms with E-state index >= 15 is 0 Å². The van der Waals surface area contributed by atoms with Crippen LogP contribution in [0.15, 0.2) is 5.38 Å². The third-order valence-electron chi connectivity index (χ3n) is 4.00. The molecule has 2 rings (SSSR count). The van der Waals surface area contributed by atoms with Crippen molar-refractivity contribution in [3.05, 3.63) is 11.1 Å². The zero-order chi connectivity index (χ0) is 13.7. The Labute approximate surface area is 121 Å². The minimum atomic E-state index is 0.370. The molecule has 1 aliphatic heterocycles. The Morgan fingerprint density at radius 2 is 2.32 bits per heavy atom. The zero-order valence-corrected chi connectivity index (χ0v) is 13.3. The standard InChI is InChI=1S/C15H27N3S/c1-4-9-16-12(3)14-11-19-15(17-14)18-10-7-6-8-13(18)5-2/h11-13,16H,4-10H2,1-3H3. The number of aromatic nitrogens is 1. The van der Waals surface area contributed by atoms with Crippen molar-refractivity contribution in [2.45, 2.75) is 65.0 Å². The number of nitrogens with zero attached hydrogens (tertiary/aromatic N) is 2. The van der Waals surface area contributed by atoms with Gasteiger partial charge in [-0.25, -0.2) is 4.98 Å². The number of nitrogens with one attached hydrogen (secondary N) is 1. The van der Waals surface area contributed by atoms with E-state index in [0.717, 1.165) is 6.54 Å². The first-order valence-electron chi connectivity index (χ1n) is 7.71. The summed E-state index contributed by atoms with van der Waals surface area (Å²) in [6, 6.07) is 1.07. The van der Waals surface area contributed by atoms with E-state index in [2.05, 4.69) is 36.4 Å². The highest BCUT2D eigenvalue weighted by molar-refractivity contribution is 7.13. The maximum absolute atomic E-state index is 4.87. The molecule has 2 heterocycles. The summed E-state index contributed by atoms with van der Waals surface area (Å²) in [6.07, 6.45) is 6.43. The van der Waals surface area contributed by atoms with Gasteiger partial charge in [-0.2, -0.15) is 0 Å². The van der Waals surface area contributed by atoms with Crippen molar-refractivity contribution in [1.29, 1.82) is 0 Å². The van der Waals surface area contributed by atoms with E-state index in [0.29, 0.717) is 12.1 Å². The molecule has 0 saturated carbocycles. The van der Waals surface area contributed by atoms with Crippen LogP contribution in [0.5, 0.6) is 0 Å². The van der Waals surface area contributed by atoms with E-state index < -0.39 is 0 Å². The van der Waals surface area contributed by atoms with Gasteiger partial charge in [0.2, 0.25) is 0 Å². The predicted octanol–water partition coefficient (Wildman–Crippen LogP) is 3.97. The average Bonchev–Trinajstić information content (AvgIpc) is 2.94. The fourth-order valence-corrected chi connectivity index (χ4v) is 3.77. The molecule has 19 heavy (non-hydrogen) atoms. The van der Waals surface area contributed by atoms with Gasteiger partial charge in [0.1, 0.15) is 0 Å². The lowest BCUT2D eigenvalue weighted by molar-refractivity contribution is 0.448. The Hall–Kier alpha value is -0.610. The lowest BCUT2D eigenvalue weighted by Gasteiger charge is -2.35. The molecule has 1 aliphatic rings. The molecule has 4 heteroatoms. The Morgan fingerprint density at radius 3 is 3.05 bits per heavy atom. The van der Waals surface area contributed by atoms with Crippen molar-refractivity contribution in [1.82, 2.24) is 10.3 Å². The molecule has 2 atom stereocenters. The van der Waals surface area contributed by atoms with Gasteiger partial charge in [0.05, 0.1) is 5.69 Å². The molecule has 0 amide bonds. The lowest BCUT2D eigenvalue weighted by atomic mass is 10.0. The van der Waals surface area contributed by atoms with Crippen LogP contribution in [0, 0.1) is 0 Å². The summed E-state index contributed by atoms with van der Waals surface area (Å²) < 4.78 is 0. The number of thiazole rings is 1. The van der Waals surface area contributed by atoms with Crippen LogP contribution in [0.25, 0.3) is 0 Å². The third kappa shape index (κ3) is 3.69. The maximum Gasteiger partial charge on any atom is 0.185 e. The third-order valence-corrected chi connectivity index (χ3v) is 4.89. The SMILES string of the molecule is CCCNC(C)c1csc(N2CCCCC2CC)n1. The zero-order valence-electron chi connectivity index (χ0n) is 12.5. The van der Waals surface area contributed by atoms with Crippen LogP contribution in [0.1, 0.15) is 64.6 Å². The molecule has 1 saturated heterocycles. The molecular weight excluding hydrogens is 254 g/mol. The Bertz CT molecular complexity index is 377. The van der Waals surface area contributed by atoms with Gasteiger partial charge in [0.25, 0.3) is 0 Å². The molecule has 0 aliphatic carbocycles. The fourth-order valence-electron chi connectivity index (χ4n) is 2.75. The van der Waals surface area contributed by atoms with Gasteiger partial charge >= 0.3 is 0 Å². The second-order valence-corrected chi connectivity index (χ2v) is 6.32. The number of anilines is 1. The highest BCUT2D eigenvalue weighted by atomic mass is 32.1. The molecule has 1 aromatic rings. The van der Waals surface area contributed by atoms with Crippen LogP contribution in [0.4, 0.5) is 5.13 Å². The van der Waals surface area contributed by atoms with Crippen molar-refractivity contribution in [2.24, 2.45) is 0 Å². The van der Waals surface area contributed by atoms with E-state index in [4.69, 9.17) is 4.98 Å². The van der Waals surface area contributed by atoms with Crippen molar-refractivity contribution in [2.75, 3.05) is 18.0 Å². The summed E-state index contributed by atoms with van der Waals surface area (Å²) in [6.45, 7) is 8.95. The first-order chi connectivity index (χ1) is 9.26. The Balaban J connectivity index is 2.02. The van der Waals surface area contributed by atoms with E-state index in [1.807, 2.05) is 11.3 Å². The summed E-state index contributed by atoms with van der Waals surface area (Å²) in [5.41, 5.74) is 1.20. The van der Waals surface area contributed by atoms with Crippen LogP contribution >= 0.6 is 11.3 Å². The van der Waals surface area contributed by atoms with E-state index in [-0.39, 0.29) is 0 Å². The first kappa shape index (κ1) is 14.8. The highest BCUT2D eigenvalue weighted by Gasteiger charge is 2.23. The van der Waals surface area contributed by atoms with Crippen molar-refractivity contribution < 1.29 is 0 Å².